The Hall–Kier alpha value is -2.95. The van der Waals surface area contributed by atoms with E-state index in [0.717, 1.165) is 28.7 Å². The summed E-state index contributed by atoms with van der Waals surface area (Å²) in [7, 11) is -3.92. The van der Waals surface area contributed by atoms with Gasteiger partial charge in [-0.2, -0.15) is 4.99 Å². The molecule has 0 aliphatic rings. The minimum absolute atomic E-state index is 0.0408. The molecule has 1 aromatic heterocycles. The van der Waals surface area contributed by atoms with Gasteiger partial charge in [-0.05, 0) is 54.1 Å². The molecule has 3 N–H and O–H groups in total. The Balaban J connectivity index is 2.12. The van der Waals surface area contributed by atoms with Crippen LogP contribution in [0.15, 0.2) is 67.5 Å². The fourth-order valence-corrected chi connectivity index (χ4v) is 6.90. The molecule has 3 rings (SSSR count). The first-order valence-corrected chi connectivity index (χ1v) is 12.4. The van der Waals surface area contributed by atoms with Gasteiger partial charge in [0.25, 0.3) is 0 Å². The summed E-state index contributed by atoms with van der Waals surface area (Å²) in [5.74, 6) is -0.260. The van der Waals surface area contributed by atoms with Crippen LogP contribution in [0.1, 0.15) is 20.8 Å². The molecule has 0 spiro atoms. The number of carbonyl (C=O) groups is 2. The molecule has 1 amide bonds. The molecule has 3 aromatic rings. The second-order valence-corrected chi connectivity index (χ2v) is 10.5. The number of nitrogens with two attached hydrogens (primary N) is 1. The predicted octanol–water partition coefficient (Wildman–Crippen LogP) is 4.47. The fourth-order valence-electron chi connectivity index (χ4n) is 2.95. The molecule has 0 atom stereocenters. The van der Waals surface area contributed by atoms with Crippen molar-refractivity contribution in [1.29, 1.82) is 0 Å². The SMILES string of the molecule is CSc1sc(/C(N)=N\C(=O)O)cc1S(=O)(=O)c1cccc(-c2cc(C=O)ccc2C)c1. The zero-order valence-corrected chi connectivity index (χ0v) is 19.0. The van der Waals surface area contributed by atoms with Crippen molar-refractivity contribution >= 4 is 51.2 Å². The van der Waals surface area contributed by atoms with Crippen LogP contribution in [0.4, 0.5) is 4.79 Å². The average Bonchev–Trinajstić information content (AvgIpc) is 3.19. The van der Waals surface area contributed by atoms with Gasteiger partial charge in [0, 0.05) is 5.56 Å². The first-order chi connectivity index (χ1) is 14.7. The highest BCUT2D eigenvalue weighted by atomic mass is 32.2. The van der Waals surface area contributed by atoms with Gasteiger partial charge < -0.3 is 10.8 Å². The molecular weight excluding hydrogens is 456 g/mol. The van der Waals surface area contributed by atoms with Gasteiger partial charge in [-0.1, -0.05) is 24.3 Å². The Morgan fingerprint density at radius 2 is 1.94 bits per heavy atom. The van der Waals surface area contributed by atoms with Crippen LogP contribution in [-0.2, 0) is 9.84 Å². The summed E-state index contributed by atoms with van der Waals surface area (Å²) in [6.07, 6.45) is 1.01. The maximum atomic E-state index is 13.4. The monoisotopic (exact) mass is 474 g/mol. The van der Waals surface area contributed by atoms with Gasteiger partial charge in [0.05, 0.1) is 18.9 Å². The highest BCUT2D eigenvalue weighted by molar-refractivity contribution is 8.01. The van der Waals surface area contributed by atoms with E-state index in [2.05, 4.69) is 4.99 Å². The van der Waals surface area contributed by atoms with Crippen molar-refractivity contribution in [2.24, 2.45) is 10.7 Å². The summed E-state index contributed by atoms with van der Waals surface area (Å²) in [6.45, 7) is 1.88. The van der Waals surface area contributed by atoms with Crippen LogP contribution in [0.5, 0.6) is 0 Å². The van der Waals surface area contributed by atoms with E-state index in [9.17, 15) is 18.0 Å². The standard InChI is InChI=1S/C21H18N2O5S3/c1-12-6-7-13(11-24)8-16(12)14-4-3-5-15(9-14)31(27,28)18-10-17(30-20(18)29-2)19(22)23-21(25)26/h3-11H,1-2H3,(H2,22,23)(H,25,26). The first-order valence-electron chi connectivity index (χ1n) is 8.84. The van der Waals surface area contributed by atoms with E-state index in [0.29, 0.717) is 15.3 Å². The van der Waals surface area contributed by atoms with E-state index in [1.807, 2.05) is 13.0 Å². The third kappa shape index (κ3) is 4.71. The minimum atomic E-state index is -3.92. The molecule has 160 valence electrons. The number of carboxylic acid groups (broad SMARTS) is 1. The number of aliphatic imine (C=N–C) groups is 1. The van der Waals surface area contributed by atoms with Crippen LogP contribution in [0.25, 0.3) is 11.1 Å². The van der Waals surface area contributed by atoms with E-state index in [-0.39, 0.29) is 20.5 Å². The lowest BCUT2D eigenvalue weighted by molar-refractivity contribution is 0.112. The summed E-state index contributed by atoms with van der Waals surface area (Å²) < 4.78 is 27.3. The van der Waals surface area contributed by atoms with Crippen molar-refractivity contribution in [2.75, 3.05) is 6.26 Å². The van der Waals surface area contributed by atoms with Gasteiger partial charge in [-0.25, -0.2) is 13.2 Å². The number of thioether (sulfide) groups is 1. The molecule has 1 heterocycles. The molecule has 0 saturated heterocycles. The van der Waals surface area contributed by atoms with Gasteiger partial charge in [0.15, 0.2) is 0 Å². The zero-order valence-electron chi connectivity index (χ0n) is 16.5. The maximum Gasteiger partial charge on any atom is 0.433 e. The first kappa shape index (κ1) is 22.7. The van der Waals surface area contributed by atoms with Gasteiger partial charge >= 0.3 is 6.09 Å². The largest absolute Gasteiger partial charge is 0.463 e. The molecule has 0 bridgehead atoms. The molecule has 0 fully saturated rings. The highest BCUT2D eigenvalue weighted by Gasteiger charge is 2.25. The van der Waals surface area contributed by atoms with Crippen LogP contribution in [0, 0.1) is 6.92 Å². The summed E-state index contributed by atoms with van der Waals surface area (Å²) in [5, 5.41) is 8.81. The third-order valence-corrected chi connectivity index (χ3v) is 8.79. The van der Waals surface area contributed by atoms with Crippen LogP contribution < -0.4 is 5.73 Å². The maximum absolute atomic E-state index is 13.4. The minimum Gasteiger partial charge on any atom is -0.463 e. The van der Waals surface area contributed by atoms with Gasteiger partial charge in [0.1, 0.15) is 12.1 Å². The predicted molar refractivity (Wildman–Crippen MR) is 122 cm³/mol. The smallest absolute Gasteiger partial charge is 0.433 e. The lowest BCUT2D eigenvalue weighted by Gasteiger charge is -2.10. The third-order valence-electron chi connectivity index (χ3n) is 4.46. The average molecular weight is 475 g/mol. The topological polar surface area (TPSA) is 127 Å². The number of hydrogen-bond acceptors (Lipinski definition) is 6. The number of thiophene rings is 1. The second kappa shape index (κ2) is 9.04. The number of amidine groups is 1. The molecule has 0 aliphatic heterocycles. The molecule has 0 saturated carbocycles. The number of hydrogen-bond donors (Lipinski definition) is 2. The summed E-state index contributed by atoms with van der Waals surface area (Å²) in [4.78, 5) is 25.6. The van der Waals surface area contributed by atoms with Crippen LogP contribution in [-0.4, -0.2) is 38.0 Å². The summed E-state index contributed by atoms with van der Waals surface area (Å²) >= 11 is 2.29. The van der Waals surface area contributed by atoms with Crippen LogP contribution >= 0.6 is 23.1 Å². The van der Waals surface area contributed by atoms with Crippen molar-refractivity contribution < 1.29 is 23.1 Å². The number of aldehydes is 1. The Bertz CT molecular complexity index is 1310. The molecule has 0 aliphatic carbocycles. The Morgan fingerprint density at radius 3 is 2.58 bits per heavy atom. The van der Waals surface area contributed by atoms with Crippen molar-refractivity contribution in [3.8, 4) is 11.1 Å². The molecule has 7 nitrogen and oxygen atoms in total. The molecular formula is C21H18N2O5S3. The number of sulfone groups is 1. The fraction of sp³-hybridized carbons (Fsp3) is 0.0952. The summed E-state index contributed by atoms with van der Waals surface area (Å²) in [6, 6.07) is 13.0. The van der Waals surface area contributed by atoms with E-state index in [1.165, 1.54) is 23.9 Å². The molecule has 2 aromatic carbocycles. The number of nitrogens with zero attached hydrogens (tertiary/aromatic N) is 1. The number of benzene rings is 2. The Kier molecular flexibility index (Phi) is 6.63. The lowest BCUT2D eigenvalue weighted by atomic mass is 9.98. The molecule has 0 unspecified atom stereocenters. The summed E-state index contributed by atoms with van der Waals surface area (Å²) in [5.41, 5.74) is 8.53. The Morgan fingerprint density at radius 1 is 1.19 bits per heavy atom. The van der Waals surface area contributed by atoms with E-state index >= 15 is 0 Å². The molecule has 10 heteroatoms. The highest BCUT2D eigenvalue weighted by Crippen LogP contribution is 2.38. The van der Waals surface area contributed by atoms with Crippen molar-refractivity contribution in [2.45, 2.75) is 20.9 Å². The zero-order chi connectivity index (χ0) is 22.8. The van der Waals surface area contributed by atoms with Crippen LogP contribution in [0.2, 0.25) is 0 Å². The van der Waals surface area contributed by atoms with Crippen molar-refractivity contribution in [1.82, 2.24) is 0 Å². The lowest BCUT2D eigenvalue weighted by Crippen LogP contribution is -2.13. The van der Waals surface area contributed by atoms with Crippen molar-refractivity contribution in [3.63, 3.8) is 0 Å². The van der Waals surface area contributed by atoms with Crippen molar-refractivity contribution in [3.05, 3.63) is 64.5 Å². The molecule has 0 radical (unpaired) electrons. The quantitative estimate of drug-likeness (QED) is 0.233. The van der Waals surface area contributed by atoms with E-state index in [1.54, 1.807) is 36.6 Å². The number of carbonyl (C=O) groups excluding carboxylic acids is 1. The van der Waals surface area contributed by atoms with Crippen LogP contribution in [0.3, 0.4) is 0 Å². The number of rotatable bonds is 6. The van der Waals surface area contributed by atoms with Gasteiger partial charge in [0.2, 0.25) is 9.84 Å². The van der Waals surface area contributed by atoms with Gasteiger partial charge in [-0.3, -0.25) is 4.79 Å². The Labute approximate surface area is 187 Å². The number of aryl methyl sites for hydroxylation is 1. The van der Waals surface area contributed by atoms with Gasteiger partial charge in [-0.15, -0.1) is 23.1 Å². The van der Waals surface area contributed by atoms with E-state index in [4.69, 9.17) is 10.8 Å². The normalized spacial score (nSPS) is 12.0. The van der Waals surface area contributed by atoms with E-state index < -0.39 is 15.9 Å². The molecule has 31 heavy (non-hydrogen) atoms. The second-order valence-electron chi connectivity index (χ2n) is 6.47. The number of amides is 1.